The van der Waals surface area contributed by atoms with Gasteiger partial charge in [0.15, 0.2) is 0 Å². The minimum atomic E-state index is -1.14. The van der Waals surface area contributed by atoms with Gasteiger partial charge in [0, 0.05) is 0 Å². The number of carbonyl (C=O) groups is 4. The zero-order valence-corrected chi connectivity index (χ0v) is 20.5. The van der Waals surface area contributed by atoms with Crippen molar-refractivity contribution in [3.8, 4) is 0 Å². The van der Waals surface area contributed by atoms with Crippen LogP contribution in [0.2, 0.25) is 0 Å². The molecule has 0 aromatic rings. The number of esters is 1. The molecule has 0 heterocycles. The van der Waals surface area contributed by atoms with Crippen molar-refractivity contribution in [2.45, 2.75) is 72.1 Å². The van der Waals surface area contributed by atoms with Gasteiger partial charge in [-0.2, -0.15) is 0 Å². The molecule has 0 aromatic heterocycles. The summed E-state index contributed by atoms with van der Waals surface area (Å²) in [7, 11) is 1.23. The van der Waals surface area contributed by atoms with Gasteiger partial charge < -0.3 is 30.7 Å². The van der Waals surface area contributed by atoms with Crippen LogP contribution in [0.1, 0.15) is 54.9 Å². The van der Waals surface area contributed by atoms with Crippen LogP contribution < -0.4 is 21.3 Å². The molecule has 0 spiro atoms. The fraction of sp³-hybridized carbons (Fsp3) is 0.750. The highest BCUT2D eigenvalue weighted by Gasteiger charge is 2.32. The third kappa shape index (κ3) is 11.5. The topological polar surface area (TPSA) is 135 Å². The van der Waals surface area contributed by atoms with E-state index in [1.165, 1.54) is 7.11 Å². The van der Waals surface area contributed by atoms with Crippen LogP contribution in [0.4, 0.5) is 4.79 Å². The Bertz CT molecular complexity index is 675. The maximum Gasteiger partial charge on any atom is 0.408 e. The van der Waals surface area contributed by atoms with Crippen molar-refractivity contribution in [3.63, 3.8) is 0 Å². The van der Waals surface area contributed by atoms with E-state index in [1.54, 1.807) is 34.6 Å². The summed E-state index contributed by atoms with van der Waals surface area (Å²) in [5.41, 5.74) is -1.82. The normalized spacial score (nSPS) is 13.3. The van der Waals surface area contributed by atoms with Crippen molar-refractivity contribution in [2.75, 3.05) is 20.2 Å². The molecule has 0 aliphatic rings. The number of methoxy groups -OCH3 is 1. The Balaban J connectivity index is 5.00. The molecule has 11 heteroatoms. The maximum absolute atomic E-state index is 12.4. The molecule has 0 aromatic carbocycles. The number of alkyl carbamates (subject to hydrolysis) is 1. The van der Waals surface area contributed by atoms with Gasteiger partial charge >= 0.3 is 12.1 Å². The number of amides is 3. The number of ether oxygens (including phenoxy) is 2. The number of carbonyl (C=O) groups excluding carboxylic acids is 4. The molecule has 0 saturated carbocycles. The molecule has 0 aliphatic heterocycles. The number of nitrogens with one attached hydrogen (secondary N) is 4. The van der Waals surface area contributed by atoms with Gasteiger partial charge in [0.2, 0.25) is 11.8 Å². The van der Waals surface area contributed by atoms with Gasteiger partial charge in [0.1, 0.15) is 24.2 Å². The van der Waals surface area contributed by atoms with Crippen molar-refractivity contribution in [3.05, 3.63) is 0 Å². The van der Waals surface area contributed by atoms with Gasteiger partial charge in [-0.25, -0.2) is 4.79 Å². The zero-order valence-electron chi connectivity index (χ0n) is 19.6. The third-order valence-corrected chi connectivity index (χ3v) is 4.58. The largest absolute Gasteiger partial charge is 0.468 e. The predicted molar refractivity (Wildman–Crippen MR) is 120 cm³/mol. The molecule has 0 saturated heterocycles. The summed E-state index contributed by atoms with van der Waals surface area (Å²) in [5, 5.41) is 10.6. The van der Waals surface area contributed by atoms with Crippen LogP contribution in [0, 0.1) is 5.92 Å². The van der Waals surface area contributed by atoms with Crippen molar-refractivity contribution < 1.29 is 28.7 Å². The molecule has 178 valence electrons. The van der Waals surface area contributed by atoms with Gasteiger partial charge in [-0.05, 0) is 40.5 Å². The van der Waals surface area contributed by atoms with E-state index in [-0.39, 0.29) is 24.0 Å². The van der Waals surface area contributed by atoms with Gasteiger partial charge in [-0.15, -0.1) is 0 Å². The lowest BCUT2D eigenvalue weighted by Crippen LogP contribution is -2.60. The molecule has 4 N–H and O–H groups in total. The predicted octanol–water partition coefficient (Wildman–Crippen LogP) is 1.03. The molecule has 31 heavy (non-hydrogen) atoms. The Labute approximate surface area is 189 Å². The van der Waals surface area contributed by atoms with Crippen LogP contribution in [0.3, 0.4) is 0 Å². The number of rotatable bonds is 10. The average Bonchev–Trinajstić information content (AvgIpc) is 2.65. The van der Waals surface area contributed by atoms with Crippen LogP contribution in [0.15, 0.2) is 0 Å². The Hall–Kier alpha value is -2.43. The molecule has 3 amide bonds. The minimum absolute atomic E-state index is 0.0422. The second-order valence-electron chi connectivity index (χ2n) is 8.66. The minimum Gasteiger partial charge on any atom is -0.468 e. The number of hydrogen-bond donors (Lipinski definition) is 4. The van der Waals surface area contributed by atoms with Crippen LogP contribution >= 0.6 is 12.2 Å². The molecule has 0 radical (unpaired) electrons. The standard InChI is InChI=1S/C20H36N4O6S/c1-9-12(2)15(23-13(25)10-22-18(28)30-19(3,4)5)16(31)24-20(6,7)17(27)21-11-14(26)29-8/h12,15H,9-11H2,1-8H3,(H,21,27)(H,22,28)(H,23,25)(H,24,31)/t12?,15-/m0/s1. The maximum atomic E-state index is 12.4. The lowest BCUT2D eigenvalue weighted by atomic mass is 9.96. The Morgan fingerprint density at radius 3 is 2.06 bits per heavy atom. The molecule has 0 fully saturated rings. The summed E-state index contributed by atoms with van der Waals surface area (Å²) in [6.45, 7) is 11.7. The van der Waals surface area contributed by atoms with E-state index in [4.69, 9.17) is 17.0 Å². The fourth-order valence-electron chi connectivity index (χ4n) is 2.28. The highest BCUT2D eigenvalue weighted by atomic mass is 32.1. The second-order valence-corrected chi connectivity index (χ2v) is 9.10. The fourth-order valence-corrected chi connectivity index (χ4v) is 2.83. The van der Waals surface area contributed by atoms with Gasteiger partial charge in [-0.1, -0.05) is 32.5 Å². The first-order valence-corrected chi connectivity index (χ1v) is 10.5. The van der Waals surface area contributed by atoms with E-state index < -0.39 is 41.1 Å². The lowest BCUT2D eigenvalue weighted by molar-refractivity contribution is -0.141. The summed E-state index contributed by atoms with van der Waals surface area (Å²) in [4.78, 5) is 48.0. The molecule has 0 bridgehead atoms. The average molecular weight is 461 g/mol. The summed E-state index contributed by atoms with van der Waals surface area (Å²) in [6.07, 6.45) is 0.00756. The van der Waals surface area contributed by atoms with Crippen LogP contribution in [-0.4, -0.2) is 66.2 Å². The first kappa shape index (κ1) is 28.6. The highest BCUT2D eigenvalue weighted by Crippen LogP contribution is 2.12. The second kappa shape index (κ2) is 12.4. The van der Waals surface area contributed by atoms with Gasteiger partial charge in [0.05, 0.1) is 18.1 Å². The van der Waals surface area contributed by atoms with E-state index in [1.807, 2.05) is 13.8 Å². The molecular formula is C20H36N4O6S. The number of thiocarbonyl (C=S) groups is 1. The molecule has 10 nitrogen and oxygen atoms in total. The molecular weight excluding hydrogens is 424 g/mol. The van der Waals surface area contributed by atoms with E-state index in [0.717, 1.165) is 0 Å². The molecule has 2 atom stereocenters. The summed E-state index contributed by atoms with van der Waals surface area (Å²) in [5.74, 6) is -1.53. The van der Waals surface area contributed by atoms with Crippen LogP contribution in [0.5, 0.6) is 0 Å². The molecule has 0 rings (SSSR count). The van der Waals surface area contributed by atoms with Crippen LogP contribution in [0.25, 0.3) is 0 Å². The van der Waals surface area contributed by atoms with Crippen molar-refractivity contribution in [1.29, 1.82) is 0 Å². The van der Waals surface area contributed by atoms with E-state index in [9.17, 15) is 19.2 Å². The lowest BCUT2D eigenvalue weighted by Gasteiger charge is -2.32. The Morgan fingerprint density at radius 2 is 1.58 bits per heavy atom. The molecule has 0 aliphatic carbocycles. The van der Waals surface area contributed by atoms with E-state index in [0.29, 0.717) is 6.42 Å². The first-order valence-electron chi connectivity index (χ1n) is 10.1. The summed E-state index contributed by atoms with van der Waals surface area (Å²) >= 11 is 5.46. The van der Waals surface area contributed by atoms with E-state index >= 15 is 0 Å². The third-order valence-electron chi connectivity index (χ3n) is 4.23. The Morgan fingerprint density at radius 1 is 1.00 bits per heavy atom. The van der Waals surface area contributed by atoms with Crippen molar-refractivity contribution in [1.82, 2.24) is 21.3 Å². The van der Waals surface area contributed by atoms with Crippen molar-refractivity contribution >= 4 is 41.1 Å². The van der Waals surface area contributed by atoms with Crippen molar-refractivity contribution in [2.24, 2.45) is 5.92 Å². The summed E-state index contributed by atoms with van der Waals surface area (Å²) < 4.78 is 9.61. The van der Waals surface area contributed by atoms with Gasteiger partial charge in [-0.3, -0.25) is 14.4 Å². The monoisotopic (exact) mass is 460 g/mol. The van der Waals surface area contributed by atoms with E-state index in [2.05, 4.69) is 26.0 Å². The smallest absolute Gasteiger partial charge is 0.408 e. The SMILES string of the molecule is CCC(C)[C@H](NC(=O)CNC(=O)OC(C)(C)C)C(=S)NC(C)(C)C(=O)NCC(=O)OC. The zero-order chi connectivity index (χ0) is 24.4. The quantitative estimate of drug-likeness (QED) is 0.280. The van der Waals surface area contributed by atoms with Gasteiger partial charge in [0.25, 0.3) is 0 Å². The number of hydrogen-bond acceptors (Lipinski definition) is 7. The summed E-state index contributed by atoms with van der Waals surface area (Å²) in [6, 6.07) is -0.569. The Kier molecular flexibility index (Phi) is 11.5. The first-order chi connectivity index (χ1) is 14.1. The molecule has 1 unspecified atom stereocenters. The van der Waals surface area contributed by atoms with Crippen LogP contribution in [-0.2, 0) is 23.9 Å². The highest BCUT2D eigenvalue weighted by molar-refractivity contribution is 7.80.